The lowest BCUT2D eigenvalue weighted by Gasteiger charge is -2.12. The third-order valence-electron chi connectivity index (χ3n) is 3.13. The third-order valence-corrected chi connectivity index (χ3v) is 4.60. The van der Waals surface area contributed by atoms with E-state index in [1.165, 1.54) is 37.0 Å². The molecule has 0 radical (unpaired) electrons. The van der Waals surface area contributed by atoms with Crippen molar-refractivity contribution in [3.05, 3.63) is 34.9 Å². The Morgan fingerprint density at radius 2 is 2.05 bits per heavy atom. The summed E-state index contributed by atoms with van der Waals surface area (Å²) in [5.41, 5.74) is 1.26. The number of thioether (sulfide) groups is 1. The van der Waals surface area contributed by atoms with Gasteiger partial charge in [-0.25, -0.2) is 0 Å². The minimum atomic E-state index is 0.661. The van der Waals surface area contributed by atoms with Crippen molar-refractivity contribution in [2.45, 2.75) is 51.3 Å². The van der Waals surface area contributed by atoms with Crippen LogP contribution in [0.5, 0.6) is 0 Å². The number of hydrogen-bond donors (Lipinski definition) is 1. The molecule has 0 aliphatic rings. The van der Waals surface area contributed by atoms with Crippen LogP contribution in [-0.4, -0.2) is 18.3 Å². The van der Waals surface area contributed by atoms with Gasteiger partial charge in [-0.3, -0.25) is 0 Å². The fourth-order valence-corrected chi connectivity index (χ4v) is 3.25. The van der Waals surface area contributed by atoms with Crippen LogP contribution in [0.4, 0.5) is 0 Å². The molecule has 0 saturated carbocycles. The standard InChI is InChI=1S/C16H26ClNS/c1-3-11-18-14(2)8-6-7-12-19-13-15-9-4-5-10-16(15)17/h4-5,9-10,14,18H,3,6-8,11-13H2,1-2H3. The second-order valence-electron chi connectivity index (χ2n) is 4.99. The van der Waals surface area contributed by atoms with E-state index >= 15 is 0 Å². The van der Waals surface area contributed by atoms with Crippen molar-refractivity contribution >= 4 is 23.4 Å². The first kappa shape index (κ1) is 16.9. The zero-order valence-corrected chi connectivity index (χ0v) is 13.7. The molecule has 0 aliphatic heterocycles. The maximum absolute atomic E-state index is 6.13. The molecule has 0 aromatic heterocycles. The molecule has 1 unspecified atom stereocenters. The average Bonchev–Trinajstić information content (AvgIpc) is 2.42. The molecule has 1 aromatic rings. The molecule has 0 fully saturated rings. The first-order valence-electron chi connectivity index (χ1n) is 7.28. The molecule has 19 heavy (non-hydrogen) atoms. The van der Waals surface area contributed by atoms with Gasteiger partial charge in [0.2, 0.25) is 0 Å². The van der Waals surface area contributed by atoms with Gasteiger partial charge < -0.3 is 5.32 Å². The largest absolute Gasteiger partial charge is 0.314 e. The molecule has 0 bridgehead atoms. The summed E-state index contributed by atoms with van der Waals surface area (Å²) in [7, 11) is 0. The highest BCUT2D eigenvalue weighted by Crippen LogP contribution is 2.21. The summed E-state index contributed by atoms with van der Waals surface area (Å²) in [5, 5.41) is 4.43. The molecule has 0 spiro atoms. The Balaban J connectivity index is 2.01. The number of hydrogen-bond acceptors (Lipinski definition) is 2. The summed E-state index contributed by atoms with van der Waals surface area (Å²) in [4.78, 5) is 0. The van der Waals surface area contributed by atoms with Crippen molar-refractivity contribution in [3.63, 3.8) is 0 Å². The molecule has 1 nitrogen and oxygen atoms in total. The number of rotatable bonds is 10. The Kier molecular flexibility index (Phi) is 9.40. The summed E-state index contributed by atoms with van der Waals surface area (Å²) in [6.07, 6.45) is 5.12. The van der Waals surface area contributed by atoms with E-state index < -0.39 is 0 Å². The van der Waals surface area contributed by atoms with Crippen LogP contribution in [-0.2, 0) is 5.75 Å². The van der Waals surface area contributed by atoms with E-state index in [4.69, 9.17) is 11.6 Å². The summed E-state index contributed by atoms with van der Waals surface area (Å²) >= 11 is 8.12. The van der Waals surface area contributed by atoms with E-state index in [0.29, 0.717) is 6.04 Å². The highest BCUT2D eigenvalue weighted by molar-refractivity contribution is 7.98. The van der Waals surface area contributed by atoms with Crippen molar-refractivity contribution < 1.29 is 0 Å². The molecule has 1 aromatic carbocycles. The van der Waals surface area contributed by atoms with Gasteiger partial charge in [-0.15, -0.1) is 0 Å². The predicted molar refractivity (Wildman–Crippen MR) is 89.2 cm³/mol. The zero-order valence-electron chi connectivity index (χ0n) is 12.1. The average molecular weight is 300 g/mol. The van der Waals surface area contributed by atoms with Gasteiger partial charge in [0, 0.05) is 16.8 Å². The molecule has 1 atom stereocenters. The Hall–Kier alpha value is -0.180. The van der Waals surface area contributed by atoms with E-state index in [1.54, 1.807) is 0 Å². The first-order valence-corrected chi connectivity index (χ1v) is 8.81. The molecule has 0 saturated heterocycles. The lowest BCUT2D eigenvalue weighted by Crippen LogP contribution is -2.26. The van der Waals surface area contributed by atoms with Crippen molar-refractivity contribution in [2.24, 2.45) is 0 Å². The summed E-state index contributed by atoms with van der Waals surface area (Å²) in [5.74, 6) is 2.26. The summed E-state index contributed by atoms with van der Waals surface area (Å²) in [6, 6.07) is 8.79. The van der Waals surface area contributed by atoms with Crippen LogP contribution in [0.3, 0.4) is 0 Å². The molecular formula is C16H26ClNS. The Morgan fingerprint density at radius 3 is 2.79 bits per heavy atom. The van der Waals surface area contributed by atoms with E-state index in [9.17, 15) is 0 Å². The third kappa shape index (κ3) is 7.86. The normalized spacial score (nSPS) is 12.6. The molecular weight excluding hydrogens is 274 g/mol. The van der Waals surface area contributed by atoms with Crippen molar-refractivity contribution in [3.8, 4) is 0 Å². The fraction of sp³-hybridized carbons (Fsp3) is 0.625. The molecule has 3 heteroatoms. The summed E-state index contributed by atoms with van der Waals surface area (Å²) in [6.45, 7) is 5.64. The zero-order chi connectivity index (χ0) is 13.9. The van der Waals surface area contributed by atoms with Gasteiger partial charge in [0.25, 0.3) is 0 Å². The van der Waals surface area contributed by atoms with Crippen molar-refractivity contribution in [1.29, 1.82) is 0 Å². The van der Waals surface area contributed by atoms with Crippen molar-refractivity contribution in [1.82, 2.24) is 5.32 Å². The molecule has 1 rings (SSSR count). The molecule has 0 aliphatic carbocycles. The second kappa shape index (κ2) is 10.6. The smallest absolute Gasteiger partial charge is 0.0446 e. The monoisotopic (exact) mass is 299 g/mol. The maximum Gasteiger partial charge on any atom is 0.0446 e. The Labute approximate surface area is 127 Å². The molecule has 0 amide bonds. The quantitative estimate of drug-likeness (QED) is 0.601. The van der Waals surface area contributed by atoms with Crippen LogP contribution >= 0.6 is 23.4 Å². The van der Waals surface area contributed by atoms with Gasteiger partial charge >= 0.3 is 0 Å². The fourth-order valence-electron chi connectivity index (χ4n) is 1.95. The van der Waals surface area contributed by atoms with E-state index in [-0.39, 0.29) is 0 Å². The van der Waals surface area contributed by atoms with E-state index in [2.05, 4.69) is 31.3 Å². The minimum Gasteiger partial charge on any atom is -0.314 e. The minimum absolute atomic E-state index is 0.661. The van der Waals surface area contributed by atoms with Gasteiger partial charge in [-0.05, 0) is 50.1 Å². The van der Waals surface area contributed by atoms with Crippen LogP contribution in [0.25, 0.3) is 0 Å². The van der Waals surface area contributed by atoms with Gasteiger partial charge in [0.05, 0.1) is 0 Å². The first-order chi connectivity index (χ1) is 9.24. The molecule has 108 valence electrons. The van der Waals surface area contributed by atoms with Gasteiger partial charge in [0.15, 0.2) is 0 Å². The van der Waals surface area contributed by atoms with Crippen LogP contribution < -0.4 is 5.32 Å². The Bertz CT molecular complexity index is 343. The van der Waals surface area contributed by atoms with Crippen LogP contribution in [0.1, 0.15) is 45.1 Å². The van der Waals surface area contributed by atoms with Crippen LogP contribution in [0, 0.1) is 0 Å². The highest BCUT2D eigenvalue weighted by atomic mass is 35.5. The van der Waals surface area contributed by atoms with Gasteiger partial charge in [-0.2, -0.15) is 11.8 Å². The number of halogens is 1. The van der Waals surface area contributed by atoms with Crippen LogP contribution in [0.15, 0.2) is 24.3 Å². The lowest BCUT2D eigenvalue weighted by atomic mass is 10.1. The summed E-state index contributed by atoms with van der Waals surface area (Å²) < 4.78 is 0. The maximum atomic E-state index is 6.13. The lowest BCUT2D eigenvalue weighted by molar-refractivity contribution is 0.496. The predicted octanol–water partition coefficient (Wildman–Crippen LogP) is 5.13. The topological polar surface area (TPSA) is 12.0 Å². The SMILES string of the molecule is CCCNC(C)CCCCSCc1ccccc1Cl. The molecule has 0 heterocycles. The molecule has 1 N–H and O–H groups in total. The number of unbranched alkanes of at least 4 members (excludes halogenated alkanes) is 1. The second-order valence-corrected chi connectivity index (χ2v) is 6.51. The van der Waals surface area contributed by atoms with E-state index in [1.807, 2.05) is 23.9 Å². The Morgan fingerprint density at radius 1 is 1.26 bits per heavy atom. The number of benzene rings is 1. The van der Waals surface area contributed by atoms with Crippen molar-refractivity contribution in [2.75, 3.05) is 12.3 Å². The number of nitrogens with one attached hydrogen (secondary N) is 1. The van der Waals surface area contributed by atoms with Gasteiger partial charge in [-0.1, -0.05) is 43.1 Å². The van der Waals surface area contributed by atoms with Crippen LogP contribution in [0.2, 0.25) is 5.02 Å². The highest BCUT2D eigenvalue weighted by Gasteiger charge is 2.01. The van der Waals surface area contributed by atoms with Gasteiger partial charge in [0.1, 0.15) is 0 Å². The van der Waals surface area contributed by atoms with E-state index in [0.717, 1.165) is 17.3 Å².